The first-order valence-electron chi connectivity index (χ1n) is 9.67. The first-order valence-corrected chi connectivity index (χ1v) is 11.1. The number of aromatic nitrogens is 1. The lowest BCUT2D eigenvalue weighted by molar-refractivity contribution is -0.105. The summed E-state index contributed by atoms with van der Waals surface area (Å²) in [4.78, 5) is 4.35. The van der Waals surface area contributed by atoms with Crippen molar-refractivity contribution < 1.29 is 17.9 Å². The minimum Gasteiger partial charge on any atom is -0.377 e. The van der Waals surface area contributed by atoms with Gasteiger partial charge in [-0.2, -0.15) is 4.31 Å². The molecule has 1 aromatic heterocycles. The maximum atomic E-state index is 12.8. The number of benzene rings is 1. The zero-order chi connectivity index (χ0) is 19.6. The summed E-state index contributed by atoms with van der Waals surface area (Å²) < 4.78 is 39.0. The van der Waals surface area contributed by atoms with Crippen molar-refractivity contribution in [1.82, 2.24) is 9.29 Å². The lowest BCUT2D eigenvalue weighted by Gasteiger charge is -2.49. The Morgan fingerprint density at radius 3 is 2.61 bits per heavy atom. The third-order valence-corrected chi connectivity index (χ3v) is 7.58. The van der Waals surface area contributed by atoms with E-state index in [-0.39, 0.29) is 5.60 Å². The van der Waals surface area contributed by atoms with E-state index in [9.17, 15) is 8.42 Å². The monoisotopic (exact) mass is 402 g/mol. The van der Waals surface area contributed by atoms with Gasteiger partial charge in [0.1, 0.15) is 0 Å². The van der Waals surface area contributed by atoms with Crippen LogP contribution in [0, 0.1) is 12.8 Å². The van der Waals surface area contributed by atoms with E-state index in [4.69, 9.17) is 9.47 Å². The molecule has 2 aliphatic rings. The van der Waals surface area contributed by atoms with Crippen LogP contribution in [0.25, 0.3) is 0 Å². The van der Waals surface area contributed by atoms with Crippen molar-refractivity contribution in [1.29, 1.82) is 0 Å². The van der Waals surface area contributed by atoms with Gasteiger partial charge in [-0.3, -0.25) is 4.98 Å². The number of hydrogen-bond acceptors (Lipinski definition) is 5. The van der Waals surface area contributed by atoms with Crippen molar-refractivity contribution >= 4 is 10.0 Å². The van der Waals surface area contributed by atoms with E-state index in [1.54, 1.807) is 24.5 Å². The fraction of sp³-hybridized carbons (Fsp3) is 0.476. The molecule has 1 atom stereocenters. The third kappa shape index (κ3) is 3.85. The summed E-state index contributed by atoms with van der Waals surface area (Å²) in [6, 6.07) is 10.9. The van der Waals surface area contributed by atoms with E-state index < -0.39 is 10.0 Å². The van der Waals surface area contributed by atoms with Gasteiger partial charge in [0, 0.05) is 38.7 Å². The van der Waals surface area contributed by atoms with Gasteiger partial charge in [0.15, 0.2) is 0 Å². The minimum absolute atomic E-state index is 0.328. The highest BCUT2D eigenvalue weighted by Gasteiger charge is 2.56. The normalized spacial score (nSPS) is 21.7. The predicted octanol–water partition coefficient (Wildman–Crippen LogP) is 2.78. The smallest absolute Gasteiger partial charge is 0.243 e. The van der Waals surface area contributed by atoms with Crippen LogP contribution in [0.4, 0.5) is 0 Å². The molecule has 7 heteroatoms. The van der Waals surface area contributed by atoms with E-state index in [0.717, 1.165) is 24.0 Å². The summed E-state index contributed by atoms with van der Waals surface area (Å²) in [7, 11) is -3.45. The second kappa shape index (κ2) is 7.91. The van der Waals surface area contributed by atoms with Crippen LogP contribution in [0.2, 0.25) is 0 Å². The van der Waals surface area contributed by atoms with Crippen molar-refractivity contribution in [3.63, 3.8) is 0 Å². The van der Waals surface area contributed by atoms with Gasteiger partial charge in [-0.25, -0.2) is 8.42 Å². The zero-order valence-electron chi connectivity index (χ0n) is 16.1. The molecule has 0 bridgehead atoms. The minimum atomic E-state index is -3.45. The summed E-state index contributed by atoms with van der Waals surface area (Å²) in [5, 5.41) is 0. The number of rotatable bonds is 7. The summed E-state index contributed by atoms with van der Waals surface area (Å²) >= 11 is 0. The van der Waals surface area contributed by atoms with Gasteiger partial charge in [0.2, 0.25) is 10.0 Å². The summed E-state index contributed by atoms with van der Waals surface area (Å²) in [5.41, 5.74) is 1.80. The Morgan fingerprint density at radius 2 is 1.89 bits per heavy atom. The van der Waals surface area contributed by atoms with Crippen LogP contribution in [0.3, 0.4) is 0 Å². The van der Waals surface area contributed by atoms with Gasteiger partial charge in [-0.1, -0.05) is 17.7 Å². The average molecular weight is 403 g/mol. The van der Waals surface area contributed by atoms with Crippen LogP contribution in [-0.2, 0) is 26.1 Å². The molecule has 0 radical (unpaired) electrons. The quantitative estimate of drug-likeness (QED) is 0.666. The number of aryl methyl sites for hydroxylation is 1. The van der Waals surface area contributed by atoms with Crippen molar-refractivity contribution in [2.45, 2.75) is 36.9 Å². The molecular weight excluding hydrogens is 376 g/mol. The molecule has 2 fully saturated rings. The first-order chi connectivity index (χ1) is 13.5. The lowest BCUT2D eigenvalue weighted by Crippen LogP contribution is -2.65. The second-order valence-electron chi connectivity index (χ2n) is 7.68. The molecule has 2 aromatic rings. The largest absolute Gasteiger partial charge is 0.377 e. The molecule has 28 heavy (non-hydrogen) atoms. The second-order valence-corrected chi connectivity index (χ2v) is 9.62. The Kier molecular flexibility index (Phi) is 5.51. The van der Waals surface area contributed by atoms with Crippen LogP contribution < -0.4 is 0 Å². The number of pyridine rings is 1. The first kappa shape index (κ1) is 19.5. The molecule has 1 spiro atoms. The fourth-order valence-electron chi connectivity index (χ4n) is 4.02. The van der Waals surface area contributed by atoms with E-state index in [2.05, 4.69) is 4.98 Å². The van der Waals surface area contributed by atoms with Gasteiger partial charge >= 0.3 is 0 Å². The van der Waals surface area contributed by atoms with Crippen LogP contribution in [-0.4, -0.2) is 49.6 Å². The van der Waals surface area contributed by atoms with Crippen molar-refractivity contribution in [3.8, 4) is 0 Å². The highest BCUT2D eigenvalue weighted by molar-refractivity contribution is 7.89. The highest BCUT2D eigenvalue weighted by atomic mass is 32.2. The Hall–Kier alpha value is -1.80. The average Bonchev–Trinajstić information content (AvgIpc) is 3.09. The van der Waals surface area contributed by atoms with Crippen LogP contribution in [0.5, 0.6) is 0 Å². The molecule has 1 aromatic carbocycles. The van der Waals surface area contributed by atoms with E-state index >= 15 is 0 Å². The molecule has 0 N–H and O–H groups in total. The fourth-order valence-corrected chi connectivity index (χ4v) is 5.57. The van der Waals surface area contributed by atoms with Gasteiger partial charge < -0.3 is 9.47 Å². The maximum Gasteiger partial charge on any atom is 0.243 e. The Balaban J connectivity index is 1.31. The Morgan fingerprint density at radius 1 is 1.18 bits per heavy atom. The zero-order valence-corrected chi connectivity index (χ0v) is 16.9. The van der Waals surface area contributed by atoms with Crippen molar-refractivity contribution in [3.05, 3.63) is 59.9 Å². The molecule has 0 saturated carbocycles. The highest BCUT2D eigenvalue weighted by Crippen LogP contribution is 2.43. The number of hydrogen-bond donors (Lipinski definition) is 0. The van der Waals surface area contributed by atoms with Crippen molar-refractivity contribution in [2.24, 2.45) is 5.92 Å². The molecule has 3 heterocycles. The lowest BCUT2D eigenvalue weighted by atomic mass is 9.80. The molecular formula is C21H26N2O4S. The number of ether oxygens (including phenoxy) is 2. The van der Waals surface area contributed by atoms with E-state index in [0.29, 0.717) is 43.7 Å². The van der Waals surface area contributed by atoms with E-state index in [1.807, 2.05) is 31.2 Å². The van der Waals surface area contributed by atoms with Gasteiger partial charge in [0.05, 0.1) is 17.1 Å². The number of nitrogens with zero attached hydrogens (tertiary/aromatic N) is 2. The molecule has 0 aliphatic carbocycles. The molecule has 150 valence electrons. The molecule has 1 unspecified atom stereocenters. The summed E-state index contributed by atoms with van der Waals surface area (Å²) in [5.74, 6) is 0.328. The van der Waals surface area contributed by atoms with Gasteiger partial charge in [-0.15, -0.1) is 0 Å². The van der Waals surface area contributed by atoms with Crippen molar-refractivity contribution in [2.75, 3.05) is 26.3 Å². The van der Waals surface area contributed by atoms with Gasteiger partial charge in [0.25, 0.3) is 0 Å². The summed E-state index contributed by atoms with van der Waals surface area (Å²) in [6.07, 6.45) is 5.35. The van der Waals surface area contributed by atoms with Crippen LogP contribution in [0.1, 0.15) is 24.0 Å². The standard InChI is InChI=1S/C21H26N2O4S/c1-17-2-4-20(5-3-17)28(24,25)23-15-21(16-23)19(9-13-27-21)8-12-26-14-18-6-10-22-11-7-18/h2-7,10-11,19H,8-9,12-16H2,1H3. The van der Waals surface area contributed by atoms with Gasteiger partial charge in [-0.05, 0) is 55.5 Å². The molecule has 2 saturated heterocycles. The summed E-state index contributed by atoms with van der Waals surface area (Å²) in [6.45, 7) is 4.70. The Labute approximate surface area is 166 Å². The topological polar surface area (TPSA) is 68.7 Å². The predicted molar refractivity (Wildman–Crippen MR) is 105 cm³/mol. The van der Waals surface area contributed by atoms with Crippen LogP contribution >= 0.6 is 0 Å². The van der Waals surface area contributed by atoms with Crippen LogP contribution in [0.15, 0.2) is 53.7 Å². The Bertz CT molecular complexity index is 894. The molecule has 4 rings (SSSR count). The number of sulfonamides is 1. The SMILES string of the molecule is Cc1ccc(S(=O)(=O)N2CC3(C2)OCCC3CCOCc2ccncc2)cc1. The third-order valence-electron chi connectivity index (χ3n) is 5.78. The van der Waals surface area contributed by atoms with E-state index in [1.165, 1.54) is 4.31 Å². The molecule has 2 aliphatic heterocycles. The molecule has 0 amide bonds. The molecule has 6 nitrogen and oxygen atoms in total. The maximum absolute atomic E-state index is 12.8.